The fourth-order valence-corrected chi connectivity index (χ4v) is 3.28. The van der Waals surface area contributed by atoms with Crippen LogP contribution >= 0.6 is 11.6 Å². The third-order valence-electron chi connectivity index (χ3n) is 4.45. The molecular weight excluding hydrogens is 352 g/mol. The molecule has 0 saturated carbocycles. The second kappa shape index (κ2) is 7.00. The summed E-state index contributed by atoms with van der Waals surface area (Å²) in [6.07, 6.45) is 0. The van der Waals surface area contributed by atoms with Gasteiger partial charge in [-0.1, -0.05) is 11.6 Å². The molecule has 0 aromatic heterocycles. The molecule has 0 unspecified atom stereocenters. The van der Waals surface area contributed by atoms with Crippen LogP contribution in [0.3, 0.4) is 0 Å². The van der Waals surface area contributed by atoms with Crippen LogP contribution in [0.15, 0.2) is 42.5 Å². The Hall–Kier alpha value is -2.53. The Balaban J connectivity index is 1.74. The number of nitrogens with zero attached hydrogens (tertiary/aromatic N) is 1. The molecule has 2 aromatic rings. The Morgan fingerprint density at radius 3 is 2.54 bits per heavy atom. The third kappa shape index (κ3) is 3.40. The zero-order valence-corrected chi connectivity index (χ0v) is 15.8. The lowest BCUT2D eigenvalue weighted by atomic mass is 9.86. The van der Waals surface area contributed by atoms with Crippen LogP contribution < -0.4 is 15.0 Å². The maximum absolute atomic E-state index is 12.8. The van der Waals surface area contributed by atoms with E-state index in [4.69, 9.17) is 16.3 Å². The normalized spacial score (nSPS) is 14.9. The minimum Gasteiger partial charge on any atom is -0.494 e. The minimum atomic E-state index is -0.709. The molecular formula is C20H21ClN2O3. The fourth-order valence-electron chi connectivity index (χ4n) is 3.11. The van der Waals surface area contributed by atoms with E-state index in [-0.39, 0.29) is 18.4 Å². The van der Waals surface area contributed by atoms with Gasteiger partial charge in [0.1, 0.15) is 12.3 Å². The van der Waals surface area contributed by atoms with Crippen LogP contribution in [0.25, 0.3) is 0 Å². The van der Waals surface area contributed by atoms with E-state index in [9.17, 15) is 9.59 Å². The number of hydrogen-bond acceptors (Lipinski definition) is 3. The average molecular weight is 373 g/mol. The molecule has 0 bridgehead atoms. The first-order valence-corrected chi connectivity index (χ1v) is 8.85. The van der Waals surface area contributed by atoms with Crippen molar-refractivity contribution in [1.82, 2.24) is 0 Å². The standard InChI is InChI=1S/C20H21ClN2O3/c1-4-26-15-8-6-14(7-9-15)22-18(24)12-23-17-10-5-13(21)11-16(17)20(2,3)19(23)25/h5-11H,4,12H2,1-3H3,(H,22,24). The van der Waals surface area contributed by atoms with Gasteiger partial charge in [0.25, 0.3) is 0 Å². The van der Waals surface area contributed by atoms with E-state index in [1.165, 1.54) is 4.90 Å². The maximum Gasteiger partial charge on any atom is 0.244 e. The number of halogens is 1. The number of carbonyl (C=O) groups excluding carboxylic acids is 2. The highest BCUT2D eigenvalue weighted by Crippen LogP contribution is 2.42. The summed E-state index contributed by atoms with van der Waals surface area (Å²) in [5, 5.41) is 3.39. The molecule has 1 aliphatic heterocycles. The Morgan fingerprint density at radius 2 is 1.88 bits per heavy atom. The summed E-state index contributed by atoms with van der Waals surface area (Å²) in [6.45, 7) is 6.13. The maximum atomic E-state index is 12.8. The van der Waals surface area contributed by atoms with Gasteiger partial charge < -0.3 is 15.0 Å². The van der Waals surface area contributed by atoms with Gasteiger partial charge in [0.15, 0.2) is 0 Å². The van der Waals surface area contributed by atoms with Gasteiger partial charge in [-0.3, -0.25) is 9.59 Å². The quantitative estimate of drug-likeness (QED) is 0.862. The van der Waals surface area contributed by atoms with Crippen molar-refractivity contribution in [3.63, 3.8) is 0 Å². The SMILES string of the molecule is CCOc1ccc(NC(=O)CN2C(=O)C(C)(C)c3cc(Cl)ccc32)cc1. The van der Waals surface area contributed by atoms with E-state index in [2.05, 4.69) is 5.32 Å². The predicted octanol–water partition coefficient (Wildman–Crippen LogP) is 4.00. The van der Waals surface area contributed by atoms with Gasteiger partial charge in [-0.25, -0.2) is 0 Å². The van der Waals surface area contributed by atoms with Crippen LogP contribution in [-0.2, 0) is 15.0 Å². The van der Waals surface area contributed by atoms with Gasteiger partial charge >= 0.3 is 0 Å². The highest BCUT2D eigenvalue weighted by atomic mass is 35.5. The van der Waals surface area contributed by atoms with E-state index in [0.29, 0.717) is 17.3 Å². The van der Waals surface area contributed by atoms with Crippen molar-refractivity contribution in [1.29, 1.82) is 0 Å². The molecule has 2 aromatic carbocycles. The zero-order chi connectivity index (χ0) is 18.9. The summed E-state index contributed by atoms with van der Waals surface area (Å²) < 4.78 is 5.38. The second-order valence-electron chi connectivity index (χ2n) is 6.68. The number of hydrogen-bond donors (Lipinski definition) is 1. The predicted molar refractivity (Wildman–Crippen MR) is 103 cm³/mol. The fraction of sp³-hybridized carbons (Fsp3) is 0.300. The summed E-state index contributed by atoms with van der Waals surface area (Å²) in [4.78, 5) is 26.7. The molecule has 0 spiro atoms. The second-order valence-corrected chi connectivity index (χ2v) is 7.12. The molecule has 1 N–H and O–H groups in total. The van der Waals surface area contributed by atoms with Crippen molar-refractivity contribution in [2.45, 2.75) is 26.2 Å². The van der Waals surface area contributed by atoms with E-state index in [1.54, 1.807) is 42.5 Å². The average Bonchev–Trinajstić information content (AvgIpc) is 2.78. The smallest absolute Gasteiger partial charge is 0.244 e. The van der Waals surface area contributed by atoms with Gasteiger partial charge in [0.2, 0.25) is 11.8 Å². The van der Waals surface area contributed by atoms with Crippen LogP contribution in [0.1, 0.15) is 26.3 Å². The third-order valence-corrected chi connectivity index (χ3v) is 4.69. The molecule has 26 heavy (non-hydrogen) atoms. The van der Waals surface area contributed by atoms with E-state index in [1.807, 2.05) is 20.8 Å². The molecule has 0 fully saturated rings. The highest BCUT2D eigenvalue weighted by Gasteiger charge is 2.44. The Kier molecular flexibility index (Phi) is 4.92. The van der Waals surface area contributed by atoms with Gasteiger partial charge in [0.05, 0.1) is 12.0 Å². The van der Waals surface area contributed by atoms with E-state index in [0.717, 1.165) is 17.0 Å². The van der Waals surface area contributed by atoms with E-state index < -0.39 is 5.41 Å². The van der Waals surface area contributed by atoms with E-state index >= 15 is 0 Å². The number of ether oxygens (including phenoxy) is 1. The van der Waals surface area contributed by atoms with Crippen molar-refractivity contribution in [3.8, 4) is 5.75 Å². The molecule has 3 rings (SSSR count). The summed E-state index contributed by atoms with van der Waals surface area (Å²) in [6, 6.07) is 12.4. The van der Waals surface area contributed by atoms with Crippen molar-refractivity contribution < 1.29 is 14.3 Å². The first-order chi connectivity index (χ1) is 12.3. The van der Waals surface area contributed by atoms with Crippen LogP contribution in [0, 0.1) is 0 Å². The molecule has 0 saturated heterocycles. The van der Waals surface area contributed by atoms with Crippen molar-refractivity contribution in [3.05, 3.63) is 53.1 Å². The lowest BCUT2D eigenvalue weighted by molar-refractivity contribution is -0.124. The first-order valence-electron chi connectivity index (χ1n) is 8.47. The zero-order valence-electron chi connectivity index (χ0n) is 15.0. The number of carbonyl (C=O) groups is 2. The number of fused-ring (bicyclic) bond motifs is 1. The Labute approximate surface area is 157 Å². The van der Waals surface area contributed by atoms with Crippen molar-refractivity contribution in [2.75, 3.05) is 23.4 Å². The van der Waals surface area contributed by atoms with Crippen LogP contribution in [0.4, 0.5) is 11.4 Å². The topological polar surface area (TPSA) is 58.6 Å². The molecule has 1 aliphatic rings. The van der Waals surface area contributed by atoms with Crippen molar-refractivity contribution in [2.24, 2.45) is 0 Å². The molecule has 0 atom stereocenters. The molecule has 0 radical (unpaired) electrons. The summed E-state index contributed by atoms with van der Waals surface area (Å²) >= 11 is 6.07. The number of benzene rings is 2. The van der Waals surface area contributed by atoms with Gasteiger partial charge in [-0.2, -0.15) is 0 Å². The monoisotopic (exact) mass is 372 g/mol. The van der Waals surface area contributed by atoms with Crippen LogP contribution in [0.2, 0.25) is 5.02 Å². The number of amides is 2. The largest absolute Gasteiger partial charge is 0.494 e. The van der Waals surface area contributed by atoms with Gasteiger partial charge in [0, 0.05) is 16.4 Å². The van der Waals surface area contributed by atoms with Crippen LogP contribution in [-0.4, -0.2) is 25.0 Å². The van der Waals surface area contributed by atoms with Crippen molar-refractivity contribution >= 4 is 34.8 Å². The first kappa shape index (κ1) is 18.3. The summed E-state index contributed by atoms with van der Waals surface area (Å²) in [5.41, 5.74) is 1.51. The van der Waals surface area contributed by atoms with Gasteiger partial charge in [-0.05, 0) is 68.8 Å². The molecule has 1 heterocycles. The highest BCUT2D eigenvalue weighted by molar-refractivity contribution is 6.31. The Bertz CT molecular complexity index is 847. The van der Waals surface area contributed by atoms with Crippen LogP contribution in [0.5, 0.6) is 5.75 Å². The molecule has 136 valence electrons. The summed E-state index contributed by atoms with van der Waals surface area (Å²) in [5.74, 6) is 0.366. The minimum absolute atomic E-state index is 0.0515. The lowest BCUT2D eigenvalue weighted by Gasteiger charge is -2.20. The Morgan fingerprint density at radius 1 is 1.19 bits per heavy atom. The van der Waals surface area contributed by atoms with Gasteiger partial charge in [-0.15, -0.1) is 0 Å². The molecule has 5 nitrogen and oxygen atoms in total. The molecule has 6 heteroatoms. The number of nitrogens with one attached hydrogen (secondary N) is 1. The number of rotatable bonds is 5. The molecule has 2 amide bonds. The number of anilines is 2. The molecule has 0 aliphatic carbocycles. The summed E-state index contributed by atoms with van der Waals surface area (Å²) in [7, 11) is 0. The lowest BCUT2D eigenvalue weighted by Crippen LogP contribution is -2.40.